The summed E-state index contributed by atoms with van der Waals surface area (Å²) in [5.74, 6) is 1.15. The molecule has 2 N–H and O–H groups in total. The fourth-order valence-corrected chi connectivity index (χ4v) is 2.00. The molecule has 1 aromatic carbocycles. The third kappa shape index (κ3) is 5.03. The van der Waals surface area contributed by atoms with Gasteiger partial charge in [0.25, 0.3) is 0 Å². The van der Waals surface area contributed by atoms with Gasteiger partial charge in [-0.2, -0.15) is 0 Å². The number of hydrogen-bond donors (Lipinski definition) is 2. The number of benzene rings is 1. The van der Waals surface area contributed by atoms with Gasteiger partial charge in [0.15, 0.2) is 5.11 Å². The molecule has 0 bridgehead atoms. The first-order valence-electron chi connectivity index (χ1n) is 6.07. The van der Waals surface area contributed by atoms with E-state index in [-0.39, 0.29) is 0 Å². The smallest absolute Gasteiger partial charge is 0.170 e. The first kappa shape index (κ1) is 16.8. The van der Waals surface area contributed by atoms with Crippen LogP contribution < -0.4 is 20.1 Å². The Kier molecular flexibility index (Phi) is 7.43. The van der Waals surface area contributed by atoms with Crippen molar-refractivity contribution < 1.29 is 14.2 Å². The van der Waals surface area contributed by atoms with E-state index in [2.05, 4.69) is 10.6 Å². The number of hydrogen-bond acceptors (Lipinski definition) is 4. The molecule has 0 aliphatic carbocycles. The Morgan fingerprint density at radius 1 is 1.20 bits per heavy atom. The summed E-state index contributed by atoms with van der Waals surface area (Å²) >= 11 is 11.3. The average molecular weight is 319 g/mol. The molecule has 0 atom stereocenters. The number of anilines is 1. The molecule has 0 saturated carbocycles. The third-order valence-electron chi connectivity index (χ3n) is 2.53. The van der Waals surface area contributed by atoms with Crippen LogP contribution in [0.4, 0.5) is 5.69 Å². The number of rotatable bonds is 7. The normalized spacial score (nSPS) is 10.0. The zero-order valence-corrected chi connectivity index (χ0v) is 13.4. The van der Waals surface area contributed by atoms with Crippen LogP contribution in [0.5, 0.6) is 11.5 Å². The van der Waals surface area contributed by atoms with Crippen molar-refractivity contribution in [3.8, 4) is 11.5 Å². The van der Waals surface area contributed by atoms with E-state index < -0.39 is 0 Å². The topological polar surface area (TPSA) is 51.8 Å². The minimum absolute atomic E-state index is 0.484. The molecule has 20 heavy (non-hydrogen) atoms. The van der Waals surface area contributed by atoms with Crippen LogP contribution in [0.1, 0.15) is 6.42 Å². The third-order valence-corrected chi connectivity index (χ3v) is 3.07. The van der Waals surface area contributed by atoms with Gasteiger partial charge in [0.05, 0.1) is 24.9 Å². The number of methoxy groups -OCH3 is 3. The maximum Gasteiger partial charge on any atom is 0.170 e. The second-order valence-electron chi connectivity index (χ2n) is 3.91. The maximum absolute atomic E-state index is 6.09. The second-order valence-corrected chi connectivity index (χ2v) is 4.73. The van der Waals surface area contributed by atoms with Crippen LogP contribution in [-0.4, -0.2) is 39.6 Å². The summed E-state index contributed by atoms with van der Waals surface area (Å²) in [7, 11) is 4.79. The molecule has 5 nitrogen and oxygen atoms in total. The summed E-state index contributed by atoms with van der Waals surface area (Å²) < 4.78 is 15.4. The largest absolute Gasteiger partial charge is 0.495 e. The number of thiocarbonyl (C=S) groups is 1. The van der Waals surface area contributed by atoms with Crippen molar-refractivity contribution in [3.05, 3.63) is 17.2 Å². The highest BCUT2D eigenvalue weighted by Gasteiger charge is 2.10. The van der Waals surface area contributed by atoms with E-state index in [4.69, 9.17) is 38.0 Å². The zero-order valence-electron chi connectivity index (χ0n) is 11.8. The first-order chi connectivity index (χ1) is 9.62. The summed E-state index contributed by atoms with van der Waals surface area (Å²) in [6.45, 7) is 1.42. The first-order valence-corrected chi connectivity index (χ1v) is 6.86. The molecule has 0 amide bonds. The molecule has 0 saturated heterocycles. The van der Waals surface area contributed by atoms with Gasteiger partial charge in [-0.25, -0.2) is 0 Å². The lowest BCUT2D eigenvalue weighted by molar-refractivity contribution is 0.196. The van der Waals surface area contributed by atoms with E-state index in [9.17, 15) is 0 Å². The van der Waals surface area contributed by atoms with Crippen LogP contribution in [0.25, 0.3) is 0 Å². The Labute approximate surface area is 129 Å². The van der Waals surface area contributed by atoms with Crippen molar-refractivity contribution in [2.45, 2.75) is 6.42 Å². The molecule has 0 aliphatic rings. The van der Waals surface area contributed by atoms with Crippen molar-refractivity contribution in [1.29, 1.82) is 0 Å². The standard InChI is InChI=1S/C13H19ClN2O3S/c1-17-6-4-5-15-13(20)16-10-7-9(14)11(18-2)8-12(10)19-3/h7-8H,4-6H2,1-3H3,(H2,15,16,20). The fourth-order valence-electron chi connectivity index (χ4n) is 1.54. The van der Waals surface area contributed by atoms with Gasteiger partial charge in [0.2, 0.25) is 0 Å². The van der Waals surface area contributed by atoms with Crippen LogP contribution in [-0.2, 0) is 4.74 Å². The lowest BCUT2D eigenvalue weighted by Gasteiger charge is -2.15. The van der Waals surface area contributed by atoms with Gasteiger partial charge >= 0.3 is 0 Å². The predicted molar refractivity (Wildman–Crippen MR) is 85.3 cm³/mol. The van der Waals surface area contributed by atoms with Crippen molar-refractivity contribution in [2.75, 3.05) is 39.8 Å². The Morgan fingerprint density at radius 2 is 1.90 bits per heavy atom. The highest BCUT2D eigenvalue weighted by molar-refractivity contribution is 7.80. The van der Waals surface area contributed by atoms with Crippen LogP contribution in [0.3, 0.4) is 0 Å². The average Bonchev–Trinajstić information content (AvgIpc) is 2.44. The van der Waals surface area contributed by atoms with Crippen LogP contribution in [0, 0.1) is 0 Å². The highest BCUT2D eigenvalue weighted by Crippen LogP contribution is 2.35. The van der Waals surface area contributed by atoms with E-state index >= 15 is 0 Å². The van der Waals surface area contributed by atoms with Gasteiger partial charge in [-0.15, -0.1) is 0 Å². The molecule has 0 aliphatic heterocycles. The fraction of sp³-hybridized carbons (Fsp3) is 0.462. The molecule has 0 radical (unpaired) electrons. The number of nitrogens with one attached hydrogen (secondary N) is 2. The molecule has 1 aromatic rings. The maximum atomic E-state index is 6.09. The van der Waals surface area contributed by atoms with Crippen molar-refractivity contribution in [1.82, 2.24) is 5.32 Å². The van der Waals surface area contributed by atoms with Crippen LogP contribution in [0.15, 0.2) is 12.1 Å². The van der Waals surface area contributed by atoms with E-state index in [1.54, 1.807) is 33.5 Å². The summed E-state index contributed by atoms with van der Waals surface area (Å²) in [5, 5.41) is 7.11. The number of ether oxygens (including phenoxy) is 3. The molecule has 0 unspecified atom stereocenters. The van der Waals surface area contributed by atoms with Gasteiger partial charge < -0.3 is 24.8 Å². The molecule has 0 heterocycles. The van der Waals surface area contributed by atoms with Gasteiger partial charge in [-0.3, -0.25) is 0 Å². The Bertz CT molecular complexity index is 457. The quantitative estimate of drug-likeness (QED) is 0.595. The van der Waals surface area contributed by atoms with E-state index in [1.807, 2.05) is 0 Å². The molecule has 1 rings (SSSR count). The van der Waals surface area contributed by atoms with E-state index in [0.717, 1.165) is 13.0 Å². The van der Waals surface area contributed by atoms with Gasteiger partial charge in [-0.05, 0) is 24.7 Å². The van der Waals surface area contributed by atoms with Crippen molar-refractivity contribution in [3.63, 3.8) is 0 Å². The number of halogens is 1. The van der Waals surface area contributed by atoms with Crippen LogP contribution in [0.2, 0.25) is 5.02 Å². The molecule has 0 fully saturated rings. The summed E-state index contributed by atoms with van der Waals surface area (Å²) in [5.41, 5.74) is 0.683. The molecule has 0 spiro atoms. The predicted octanol–water partition coefficient (Wildman–Crippen LogP) is 2.68. The summed E-state index contributed by atoms with van der Waals surface area (Å²) in [6.07, 6.45) is 0.874. The Morgan fingerprint density at radius 3 is 2.50 bits per heavy atom. The molecular formula is C13H19ClN2O3S. The van der Waals surface area contributed by atoms with Gasteiger partial charge in [-0.1, -0.05) is 11.6 Å². The monoisotopic (exact) mass is 318 g/mol. The molecule has 112 valence electrons. The van der Waals surface area contributed by atoms with Gasteiger partial charge in [0, 0.05) is 26.3 Å². The summed E-state index contributed by atoms with van der Waals surface area (Å²) in [4.78, 5) is 0. The molecule has 7 heteroatoms. The summed E-state index contributed by atoms with van der Waals surface area (Å²) in [6, 6.07) is 3.42. The highest BCUT2D eigenvalue weighted by atomic mass is 35.5. The van der Waals surface area contributed by atoms with Crippen LogP contribution >= 0.6 is 23.8 Å². The van der Waals surface area contributed by atoms with Crippen molar-refractivity contribution in [2.24, 2.45) is 0 Å². The minimum atomic E-state index is 0.484. The SMILES string of the molecule is COCCCNC(=S)Nc1cc(Cl)c(OC)cc1OC. The zero-order chi connectivity index (χ0) is 15.0. The minimum Gasteiger partial charge on any atom is -0.495 e. The van der Waals surface area contributed by atoms with Gasteiger partial charge in [0.1, 0.15) is 11.5 Å². The molecular weight excluding hydrogens is 300 g/mol. The van der Waals surface area contributed by atoms with E-state index in [0.29, 0.717) is 33.9 Å². The second kappa shape index (κ2) is 8.84. The lowest BCUT2D eigenvalue weighted by atomic mass is 10.2. The Hall–Kier alpha value is -1.24. The van der Waals surface area contributed by atoms with Crippen molar-refractivity contribution >= 4 is 34.6 Å². The molecule has 0 aromatic heterocycles. The van der Waals surface area contributed by atoms with E-state index in [1.165, 1.54) is 0 Å². The Balaban J connectivity index is 2.66. The lowest BCUT2D eigenvalue weighted by Crippen LogP contribution is -2.29.